The summed E-state index contributed by atoms with van der Waals surface area (Å²) < 4.78 is 24.7. The van der Waals surface area contributed by atoms with Crippen molar-refractivity contribution in [1.29, 1.82) is 0 Å². The van der Waals surface area contributed by atoms with E-state index in [1.807, 2.05) is 13.8 Å². The molecular formula is C9H20N2O4S. The summed E-state index contributed by atoms with van der Waals surface area (Å²) in [6, 6.07) is 0.241. The van der Waals surface area contributed by atoms with E-state index < -0.39 is 22.2 Å². The van der Waals surface area contributed by atoms with Crippen LogP contribution in [0.4, 0.5) is 0 Å². The molecule has 0 aromatic rings. The zero-order valence-electron chi connectivity index (χ0n) is 9.63. The van der Waals surface area contributed by atoms with Crippen LogP contribution in [0.3, 0.4) is 0 Å². The minimum atomic E-state index is -3.37. The number of nitrogens with one attached hydrogen (secondary N) is 1. The Bertz CT molecular complexity index is 307. The zero-order chi connectivity index (χ0) is 12.3. The van der Waals surface area contributed by atoms with E-state index in [0.717, 1.165) is 4.31 Å². The quantitative estimate of drug-likeness (QED) is 0.545. The number of aliphatic hydroxyl groups is 2. The maximum absolute atomic E-state index is 11.8. The van der Waals surface area contributed by atoms with Gasteiger partial charge >= 0.3 is 0 Å². The Hall–Kier alpha value is -0.210. The fourth-order valence-electron chi connectivity index (χ4n) is 1.57. The topological polar surface area (TPSA) is 89.9 Å². The van der Waals surface area contributed by atoms with Crippen LogP contribution in [0.25, 0.3) is 0 Å². The summed E-state index contributed by atoms with van der Waals surface area (Å²) in [4.78, 5) is 0. The van der Waals surface area contributed by atoms with Crippen molar-refractivity contribution in [2.75, 3.05) is 25.4 Å². The SMILES string of the molecule is CC(C)NCCS(=O)(=O)N1CC(O)C(O)C1. The van der Waals surface area contributed by atoms with Gasteiger partial charge in [-0.25, -0.2) is 8.42 Å². The minimum absolute atomic E-state index is 0.00875. The van der Waals surface area contributed by atoms with E-state index >= 15 is 0 Å². The van der Waals surface area contributed by atoms with Crippen molar-refractivity contribution in [3.63, 3.8) is 0 Å². The van der Waals surface area contributed by atoms with Crippen LogP contribution in [-0.2, 0) is 10.0 Å². The predicted molar refractivity (Wildman–Crippen MR) is 60.5 cm³/mol. The average molecular weight is 252 g/mol. The summed E-state index contributed by atoms with van der Waals surface area (Å²) in [6.45, 7) is 4.24. The molecule has 2 unspecified atom stereocenters. The van der Waals surface area contributed by atoms with Gasteiger partial charge in [-0.2, -0.15) is 4.31 Å². The smallest absolute Gasteiger partial charge is 0.215 e. The largest absolute Gasteiger partial charge is 0.389 e. The van der Waals surface area contributed by atoms with E-state index in [1.54, 1.807) is 0 Å². The first kappa shape index (κ1) is 13.9. The van der Waals surface area contributed by atoms with Gasteiger partial charge in [0.15, 0.2) is 0 Å². The summed E-state index contributed by atoms with van der Waals surface area (Å²) in [5.41, 5.74) is 0. The van der Waals surface area contributed by atoms with Gasteiger partial charge in [-0.1, -0.05) is 13.8 Å². The molecule has 0 aliphatic carbocycles. The van der Waals surface area contributed by atoms with E-state index in [9.17, 15) is 18.6 Å². The number of β-amino-alcohol motifs (C(OH)–C–C–N with tert-alkyl or cyclic N) is 2. The third-order valence-electron chi connectivity index (χ3n) is 2.53. The molecule has 1 rings (SSSR count). The normalized spacial score (nSPS) is 27.8. The van der Waals surface area contributed by atoms with E-state index in [0.29, 0.717) is 6.54 Å². The van der Waals surface area contributed by atoms with Crippen LogP contribution in [0.15, 0.2) is 0 Å². The van der Waals surface area contributed by atoms with E-state index in [1.165, 1.54) is 0 Å². The van der Waals surface area contributed by atoms with Crippen molar-refractivity contribution in [3.8, 4) is 0 Å². The van der Waals surface area contributed by atoms with Crippen LogP contribution in [0.1, 0.15) is 13.8 Å². The molecule has 0 aromatic heterocycles. The van der Waals surface area contributed by atoms with Crippen LogP contribution in [0, 0.1) is 0 Å². The summed E-state index contributed by atoms with van der Waals surface area (Å²) in [6.07, 6.45) is -1.93. The third-order valence-corrected chi connectivity index (χ3v) is 4.34. The van der Waals surface area contributed by atoms with Crippen molar-refractivity contribution < 1.29 is 18.6 Å². The lowest BCUT2D eigenvalue weighted by Crippen LogP contribution is -2.37. The van der Waals surface area contributed by atoms with Gasteiger partial charge in [0.25, 0.3) is 0 Å². The van der Waals surface area contributed by atoms with Gasteiger partial charge in [0.2, 0.25) is 10.0 Å². The molecule has 0 amide bonds. The van der Waals surface area contributed by atoms with Gasteiger partial charge < -0.3 is 15.5 Å². The number of aliphatic hydroxyl groups excluding tert-OH is 2. The maximum Gasteiger partial charge on any atom is 0.215 e. The summed E-state index contributed by atoms with van der Waals surface area (Å²) in [7, 11) is -3.37. The number of sulfonamides is 1. The van der Waals surface area contributed by atoms with Crippen molar-refractivity contribution in [2.45, 2.75) is 32.1 Å². The number of hydrogen-bond acceptors (Lipinski definition) is 5. The first-order valence-corrected chi connectivity index (χ1v) is 7.01. The van der Waals surface area contributed by atoms with Gasteiger partial charge in [-0.05, 0) is 0 Å². The number of nitrogens with zero attached hydrogens (tertiary/aromatic N) is 1. The van der Waals surface area contributed by atoms with Gasteiger partial charge in [0, 0.05) is 25.7 Å². The monoisotopic (exact) mass is 252 g/mol. The third kappa shape index (κ3) is 3.67. The summed E-state index contributed by atoms with van der Waals surface area (Å²) >= 11 is 0. The highest BCUT2D eigenvalue weighted by Crippen LogP contribution is 2.14. The molecule has 1 aliphatic rings. The molecule has 16 heavy (non-hydrogen) atoms. The standard InChI is InChI=1S/C9H20N2O4S/c1-7(2)10-3-4-16(14,15)11-5-8(12)9(13)6-11/h7-10,12-13H,3-6H2,1-2H3. The van der Waals surface area contributed by atoms with E-state index in [4.69, 9.17) is 0 Å². The lowest BCUT2D eigenvalue weighted by molar-refractivity contribution is 0.0572. The molecule has 0 bridgehead atoms. The van der Waals surface area contributed by atoms with Crippen LogP contribution < -0.4 is 5.32 Å². The zero-order valence-corrected chi connectivity index (χ0v) is 10.4. The fourth-order valence-corrected chi connectivity index (χ4v) is 2.96. The Morgan fingerprint density at radius 2 is 1.81 bits per heavy atom. The van der Waals surface area contributed by atoms with Crippen molar-refractivity contribution in [2.24, 2.45) is 0 Å². The second-order valence-corrected chi connectivity index (χ2v) is 6.46. The molecule has 1 fully saturated rings. The lowest BCUT2D eigenvalue weighted by atomic mass is 10.3. The predicted octanol–water partition coefficient (Wildman–Crippen LogP) is -1.65. The fraction of sp³-hybridized carbons (Fsp3) is 1.00. The van der Waals surface area contributed by atoms with Gasteiger partial charge in [-0.3, -0.25) is 0 Å². The molecule has 0 saturated carbocycles. The molecular weight excluding hydrogens is 232 g/mol. The first-order chi connectivity index (χ1) is 7.33. The van der Waals surface area contributed by atoms with Gasteiger partial charge in [0.1, 0.15) is 0 Å². The Balaban J connectivity index is 2.46. The molecule has 1 saturated heterocycles. The Labute approximate surface area is 96.3 Å². The van der Waals surface area contributed by atoms with Crippen LogP contribution in [0.5, 0.6) is 0 Å². The highest BCUT2D eigenvalue weighted by atomic mass is 32.2. The average Bonchev–Trinajstić information content (AvgIpc) is 2.46. The Morgan fingerprint density at radius 1 is 1.31 bits per heavy atom. The molecule has 2 atom stereocenters. The maximum atomic E-state index is 11.8. The van der Waals surface area contributed by atoms with Crippen molar-refractivity contribution in [1.82, 2.24) is 9.62 Å². The molecule has 6 nitrogen and oxygen atoms in total. The Morgan fingerprint density at radius 3 is 2.25 bits per heavy atom. The van der Waals surface area contributed by atoms with Crippen LogP contribution in [0.2, 0.25) is 0 Å². The molecule has 96 valence electrons. The van der Waals surface area contributed by atoms with Crippen molar-refractivity contribution >= 4 is 10.0 Å². The highest BCUT2D eigenvalue weighted by molar-refractivity contribution is 7.89. The second kappa shape index (κ2) is 5.42. The summed E-state index contributed by atoms with van der Waals surface area (Å²) in [5.74, 6) is -0.00931. The lowest BCUT2D eigenvalue weighted by Gasteiger charge is -2.16. The first-order valence-electron chi connectivity index (χ1n) is 5.40. The summed E-state index contributed by atoms with van der Waals surface area (Å²) in [5, 5.41) is 21.6. The van der Waals surface area contributed by atoms with Crippen molar-refractivity contribution in [3.05, 3.63) is 0 Å². The van der Waals surface area contributed by atoms with Gasteiger partial charge in [0.05, 0.1) is 18.0 Å². The molecule has 7 heteroatoms. The van der Waals surface area contributed by atoms with Crippen LogP contribution in [-0.4, -0.2) is 66.6 Å². The number of hydrogen-bond donors (Lipinski definition) is 3. The molecule has 0 aromatic carbocycles. The Kier molecular flexibility index (Phi) is 4.69. The molecule has 3 N–H and O–H groups in total. The second-order valence-electron chi connectivity index (χ2n) is 4.38. The molecule has 0 spiro atoms. The minimum Gasteiger partial charge on any atom is -0.389 e. The van der Waals surface area contributed by atoms with Crippen LogP contribution >= 0.6 is 0 Å². The highest BCUT2D eigenvalue weighted by Gasteiger charge is 2.36. The molecule has 0 radical (unpaired) electrons. The molecule has 1 aliphatic heterocycles. The molecule has 1 heterocycles. The number of rotatable bonds is 5. The van der Waals surface area contributed by atoms with Gasteiger partial charge in [-0.15, -0.1) is 0 Å². The van der Waals surface area contributed by atoms with E-state index in [2.05, 4.69) is 5.32 Å². The van der Waals surface area contributed by atoms with E-state index in [-0.39, 0.29) is 24.9 Å².